The summed E-state index contributed by atoms with van der Waals surface area (Å²) in [5.74, 6) is 1.01. The second-order valence-electron chi connectivity index (χ2n) is 5.30. The van der Waals surface area contributed by atoms with Gasteiger partial charge in [-0.3, -0.25) is 0 Å². The van der Waals surface area contributed by atoms with E-state index in [-0.39, 0.29) is 5.72 Å². The van der Waals surface area contributed by atoms with Crippen LogP contribution in [0.1, 0.15) is 24.2 Å². The lowest BCUT2D eigenvalue weighted by Crippen LogP contribution is -2.43. The van der Waals surface area contributed by atoms with E-state index in [0.29, 0.717) is 5.25 Å². The van der Waals surface area contributed by atoms with E-state index >= 15 is 0 Å². The molecule has 2 atom stereocenters. The van der Waals surface area contributed by atoms with E-state index in [0.717, 1.165) is 12.2 Å². The monoisotopic (exact) mass is 269 g/mol. The molecule has 0 fully saturated rings. The number of para-hydroxylation sites is 2. The van der Waals surface area contributed by atoms with Crippen molar-refractivity contribution >= 4 is 17.4 Å². The molecule has 3 heteroatoms. The standard InChI is InChI=1S/C16H15NOS/c1-16-10-15(11-6-2-4-8-13(11)18-16)19-14-9-5-3-7-12(14)17-16/h2-9,15,17H,10H2,1H3/t15-,16-/m1/s1. The molecule has 0 aliphatic carbocycles. The molecule has 1 N–H and O–H groups in total. The van der Waals surface area contributed by atoms with Gasteiger partial charge < -0.3 is 10.1 Å². The summed E-state index contributed by atoms with van der Waals surface area (Å²) in [6.07, 6.45) is 0.976. The molecule has 0 radical (unpaired) electrons. The summed E-state index contributed by atoms with van der Waals surface area (Å²) in [6.45, 7) is 2.14. The normalized spacial score (nSPS) is 27.3. The first-order valence-corrected chi connectivity index (χ1v) is 7.43. The van der Waals surface area contributed by atoms with Crippen molar-refractivity contribution in [3.63, 3.8) is 0 Å². The van der Waals surface area contributed by atoms with Gasteiger partial charge in [0, 0.05) is 22.1 Å². The number of ether oxygens (including phenoxy) is 1. The van der Waals surface area contributed by atoms with Crippen LogP contribution in [0.5, 0.6) is 5.75 Å². The number of hydrogen-bond acceptors (Lipinski definition) is 3. The van der Waals surface area contributed by atoms with E-state index in [1.54, 1.807) is 0 Å². The Morgan fingerprint density at radius 3 is 2.89 bits per heavy atom. The highest BCUT2D eigenvalue weighted by Crippen LogP contribution is 2.52. The molecule has 2 aromatic carbocycles. The molecule has 0 saturated heterocycles. The van der Waals surface area contributed by atoms with Crippen molar-refractivity contribution in [1.82, 2.24) is 0 Å². The molecule has 19 heavy (non-hydrogen) atoms. The van der Waals surface area contributed by atoms with Crippen LogP contribution in [0, 0.1) is 0 Å². The zero-order valence-electron chi connectivity index (χ0n) is 10.7. The van der Waals surface area contributed by atoms with E-state index in [4.69, 9.17) is 4.74 Å². The maximum Gasteiger partial charge on any atom is 0.179 e. The predicted molar refractivity (Wildman–Crippen MR) is 78.8 cm³/mol. The number of benzene rings is 2. The second-order valence-corrected chi connectivity index (χ2v) is 6.55. The van der Waals surface area contributed by atoms with Crippen molar-refractivity contribution in [3.05, 3.63) is 54.1 Å². The third kappa shape index (κ3) is 1.80. The molecule has 2 aliphatic heterocycles. The minimum atomic E-state index is -0.321. The molecule has 2 heterocycles. The SMILES string of the molecule is C[C@@]12C[C@@H](Sc3ccccc3N1)c1ccccc1O2. The van der Waals surface area contributed by atoms with Gasteiger partial charge in [-0.25, -0.2) is 0 Å². The fourth-order valence-electron chi connectivity index (χ4n) is 2.88. The topological polar surface area (TPSA) is 21.3 Å². The van der Waals surface area contributed by atoms with Gasteiger partial charge in [0.1, 0.15) is 5.75 Å². The lowest BCUT2D eigenvalue weighted by Gasteiger charge is -2.38. The zero-order chi connectivity index (χ0) is 12.9. The van der Waals surface area contributed by atoms with Crippen LogP contribution in [-0.4, -0.2) is 5.72 Å². The van der Waals surface area contributed by atoms with E-state index in [1.807, 2.05) is 17.8 Å². The lowest BCUT2D eigenvalue weighted by atomic mass is 9.98. The van der Waals surface area contributed by atoms with Gasteiger partial charge in [-0.1, -0.05) is 30.3 Å². The third-order valence-corrected chi connectivity index (χ3v) is 5.05. The van der Waals surface area contributed by atoms with Crippen molar-refractivity contribution in [2.75, 3.05) is 5.32 Å². The van der Waals surface area contributed by atoms with Gasteiger partial charge in [0.25, 0.3) is 0 Å². The second kappa shape index (κ2) is 3.94. The van der Waals surface area contributed by atoms with Crippen LogP contribution in [0.15, 0.2) is 53.4 Å². The first kappa shape index (κ1) is 11.2. The van der Waals surface area contributed by atoms with Gasteiger partial charge in [0.05, 0.1) is 5.69 Å². The molecule has 0 spiro atoms. The van der Waals surface area contributed by atoms with Crippen LogP contribution in [0.25, 0.3) is 0 Å². The molecular weight excluding hydrogens is 254 g/mol. The largest absolute Gasteiger partial charge is 0.468 e. The number of thioether (sulfide) groups is 1. The maximum atomic E-state index is 6.20. The molecule has 2 aliphatic rings. The Bertz CT molecular complexity index is 642. The number of nitrogens with one attached hydrogen (secondary N) is 1. The molecule has 0 aromatic heterocycles. The summed E-state index contributed by atoms with van der Waals surface area (Å²) in [4.78, 5) is 1.30. The fourth-order valence-corrected chi connectivity index (χ4v) is 4.31. The van der Waals surface area contributed by atoms with Crippen LogP contribution in [-0.2, 0) is 0 Å². The van der Waals surface area contributed by atoms with E-state index in [1.165, 1.54) is 16.1 Å². The Balaban J connectivity index is 1.87. The van der Waals surface area contributed by atoms with Gasteiger partial charge >= 0.3 is 0 Å². The van der Waals surface area contributed by atoms with Crippen molar-refractivity contribution in [2.24, 2.45) is 0 Å². The summed E-state index contributed by atoms with van der Waals surface area (Å²) in [5.41, 5.74) is 2.16. The number of anilines is 1. The highest BCUT2D eigenvalue weighted by molar-refractivity contribution is 7.99. The third-order valence-electron chi connectivity index (χ3n) is 3.73. The number of rotatable bonds is 0. The zero-order valence-corrected chi connectivity index (χ0v) is 11.5. The number of hydrogen-bond donors (Lipinski definition) is 1. The summed E-state index contributed by atoms with van der Waals surface area (Å²) in [7, 11) is 0. The minimum Gasteiger partial charge on any atom is -0.468 e. The van der Waals surface area contributed by atoms with Crippen LogP contribution in [0.4, 0.5) is 5.69 Å². The van der Waals surface area contributed by atoms with Crippen LogP contribution in [0.3, 0.4) is 0 Å². The van der Waals surface area contributed by atoms with E-state index < -0.39 is 0 Å². The fraction of sp³-hybridized carbons (Fsp3) is 0.250. The first-order chi connectivity index (χ1) is 9.23. The quantitative estimate of drug-likeness (QED) is 0.763. The molecular formula is C16H15NOS. The average Bonchev–Trinajstić information content (AvgIpc) is 2.52. The smallest absolute Gasteiger partial charge is 0.179 e. The molecule has 2 aromatic rings. The Morgan fingerprint density at radius 1 is 1.16 bits per heavy atom. The summed E-state index contributed by atoms with van der Waals surface area (Å²) >= 11 is 1.93. The van der Waals surface area contributed by atoms with Crippen molar-refractivity contribution in [1.29, 1.82) is 0 Å². The van der Waals surface area contributed by atoms with Crippen molar-refractivity contribution in [2.45, 2.75) is 29.2 Å². The van der Waals surface area contributed by atoms with Crippen LogP contribution >= 0.6 is 11.8 Å². The van der Waals surface area contributed by atoms with E-state index in [2.05, 4.69) is 54.7 Å². The van der Waals surface area contributed by atoms with Gasteiger partial charge in [0.2, 0.25) is 0 Å². The molecule has 0 amide bonds. The Hall–Kier alpha value is -1.61. The average molecular weight is 269 g/mol. The molecule has 2 nitrogen and oxygen atoms in total. The summed E-state index contributed by atoms with van der Waals surface area (Å²) in [5, 5.41) is 4.02. The molecule has 4 rings (SSSR count). The van der Waals surface area contributed by atoms with Gasteiger partial charge in [-0.05, 0) is 25.1 Å². The molecule has 96 valence electrons. The highest BCUT2D eigenvalue weighted by atomic mass is 32.2. The summed E-state index contributed by atoms with van der Waals surface area (Å²) < 4.78 is 6.20. The minimum absolute atomic E-state index is 0.321. The van der Waals surface area contributed by atoms with E-state index in [9.17, 15) is 0 Å². The van der Waals surface area contributed by atoms with Gasteiger partial charge in [-0.15, -0.1) is 11.8 Å². The van der Waals surface area contributed by atoms with Crippen LogP contribution in [0.2, 0.25) is 0 Å². The summed E-state index contributed by atoms with van der Waals surface area (Å²) in [6, 6.07) is 16.9. The molecule has 0 saturated carbocycles. The highest BCUT2D eigenvalue weighted by Gasteiger charge is 2.40. The maximum absolute atomic E-state index is 6.20. The number of fused-ring (bicyclic) bond motifs is 5. The van der Waals surface area contributed by atoms with Crippen molar-refractivity contribution in [3.8, 4) is 5.75 Å². The van der Waals surface area contributed by atoms with Crippen molar-refractivity contribution < 1.29 is 4.74 Å². The van der Waals surface area contributed by atoms with Gasteiger partial charge in [0.15, 0.2) is 5.72 Å². The molecule has 0 unspecified atom stereocenters. The Kier molecular flexibility index (Phi) is 2.33. The Labute approximate surface area is 117 Å². The predicted octanol–water partition coefficient (Wildman–Crippen LogP) is 4.44. The first-order valence-electron chi connectivity index (χ1n) is 6.55. The molecule has 2 bridgehead atoms. The lowest BCUT2D eigenvalue weighted by molar-refractivity contribution is 0.0934. The van der Waals surface area contributed by atoms with Gasteiger partial charge in [-0.2, -0.15) is 0 Å². The Morgan fingerprint density at radius 2 is 1.95 bits per heavy atom. The van der Waals surface area contributed by atoms with Crippen LogP contribution < -0.4 is 10.1 Å².